The molecule has 4 heteroatoms. The van der Waals surface area contributed by atoms with Crippen molar-refractivity contribution in [2.24, 2.45) is 0 Å². The molecule has 0 atom stereocenters. The Morgan fingerprint density at radius 2 is 2.50 bits per heavy atom. The number of aromatic nitrogens is 1. The van der Waals surface area contributed by atoms with Crippen LogP contribution >= 0.6 is 0 Å². The molecule has 0 aliphatic carbocycles. The van der Waals surface area contributed by atoms with E-state index in [-0.39, 0.29) is 0 Å². The van der Waals surface area contributed by atoms with Crippen LogP contribution in [0.25, 0.3) is 0 Å². The lowest BCUT2D eigenvalue weighted by Gasteiger charge is -1.82. The van der Waals surface area contributed by atoms with Crippen molar-refractivity contribution in [3.05, 3.63) is 17.8 Å². The third kappa shape index (κ3) is 2.13. The minimum absolute atomic E-state index is 0.429. The van der Waals surface area contributed by atoms with E-state index >= 15 is 0 Å². The first kappa shape index (κ1) is 8.34. The summed E-state index contributed by atoms with van der Waals surface area (Å²) < 4.78 is 9.17. The van der Waals surface area contributed by atoms with Gasteiger partial charge in [0.1, 0.15) is 6.26 Å². The van der Waals surface area contributed by atoms with Crippen LogP contribution in [0, 0.1) is 18.8 Å². The van der Waals surface area contributed by atoms with Gasteiger partial charge < -0.3 is 9.15 Å². The zero-order valence-corrected chi connectivity index (χ0v) is 6.75. The van der Waals surface area contributed by atoms with Gasteiger partial charge in [0, 0.05) is 12.8 Å². The molecule has 0 aromatic carbocycles. The minimum Gasteiger partial charge on any atom is -0.459 e. The number of nitrogens with zero attached hydrogens (tertiary/aromatic N) is 1. The van der Waals surface area contributed by atoms with Crippen LogP contribution in [-0.2, 0) is 9.53 Å². The predicted octanol–water partition coefficient (Wildman–Crippen LogP) is 0.508. The SMILES string of the molecule is COC(=O)C#Cc1coc(C)n1. The smallest absolute Gasteiger partial charge is 0.384 e. The number of carbonyl (C=O) groups excluding carboxylic acids is 1. The van der Waals surface area contributed by atoms with E-state index in [1.54, 1.807) is 6.92 Å². The molecule has 0 saturated heterocycles. The summed E-state index contributed by atoms with van der Waals surface area (Å²) in [5.41, 5.74) is 0.429. The van der Waals surface area contributed by atoms with Gasteiger partial charge in [-0.25, -0.2) is 9.78 Å². The maximum atomic E-state index is 10.5. The molecular formula is C8H7NO3. The number of hydrogen-bond donors (Lipinski definition) is 0. The Kier molecular flexibility index (Phi) is 2.49. The quantitative estimate of drug-likeness (QED) is 0.415. The first-order chi connectivity index (χ1) is 5.72. The molecule has 1 aromatic heterocycles. The fraction of sp³-hybridized carbons (Fsp3) is 0.250. The van der Waals surface area contributed by atoms with Gasteiger partial charge in [-0.05, 0) is 5.92 Å². The van der Waals surface area contributed by atoms with Crippen LogP contribution < -0.4 is 0 Å². The third-order valence-corrected chi connectivity index (χ3v) is 1.10. The molecule has 1 heterocycles. The lowest BCUT2D eigenvalue weighted by Crippen LogP contribution is -1.94. The fourth-order valence-corrected chi connectivity index (χ4v) is 0.587. The topological polar surface area (TPSA) is 52.3 Å². The second-order valence-corrected chi connectivity index (χ2v) is 1.99. The summed E-state index contributed by atoms with van der Waals surface area (Å²) >= 11 is 0. The molecule has 0 unspecified atom stereocenters. The highest BCUT2D eigenvalue weighted by Crippen LogP contribution is 1.96. The zero-order valence-electron chi connectivity index (χ0n) is 6.75. The van der Waals surface area contributed by atoms with Crippen LogP contribution in [0.2, 0.25) is 0 Å². The lowest BCUT2D eigenvalue weighted by molar-refractivity contribution is -0.133. The molecule has 0 N–H and O–H groups in total. The molecule has 62 valence electrons. The van der Waals surface area contributed by atoms with E-state index in [4.69, 9.17) is 4.42 Å². The number of carbonyl (C=O) groups is 1. The second-order valence-electron chi connectivity index (χ2n) is 1.99. The molecule has 0 bridgehead atoms. The van der Waals surface area contributed by atoms with Gasteiger partial charge >= 0.3 is 5.97 Å². The van der Waals surface area contributed by atoms with Crippen LogP contribution in [0.15, 0.2) is 10.7 Å². The molecule has 1 aromatic rings. The highest BCUT2D eigenvalue weighted by Gasteiger charge is 1.95. The van der Waals surface area contributed by atoms with Gasteiger partial charge in [-0.2, -0.15) is 0 Å². The molecule has 0 saturated carbocycles. The molecule has 1 rings (SSSR count). The zero-order chi connectivity index (χ0) is 8.97. The van der Waals surface area contributed by atoms with Crippen molar-refractivity contribution in [1.29, 1.82) is 0 Å². The number of aryl methyl sites for hydroxylation is 1. The molecule has 0 radical (unpaired) electrons. The highest BCUT2D eigenvalue weighted by molar-refractivity contribution is 5.88. The van der Waals surface area contributed by atoms with E-state index in [2.05, 4.69) is 21.6 Å². The van der Waals surface area contributed by atoms with Gasteiger partial charge in [0.25, 0.3) is 0 Å². The Bertz CT molecular complexity index is 343. The molecule has 0 aliphatic rings. The Hall–Kier alpha value is -1.76. The number of hydrogen-bond acceptors (Lipinski definition) is 4. The summed E-state index contributed by atoms with van der Waals surface area (Å²) in [4.78, 5) is 14.4. The first-order valence-corrected chi connectivity index (χ1v) is 3.24. The van der Waals surface area contributed by atoms with Crippen LogP contribution in [0.3, 0.4) is 0 Å². The van der Waals surface area contributed by atoms with Gasteiger partial charge in [0.2, 0.25) is 0 Å². The summed E-state index contributed by atoms with van der Waals surface area (Å²) in [6, 6.07) is 0. The van der Waals surface area contributed by atoms with Gasteiger partial charge in [0.15, 0.2) is 11.6 Å². The number of rotatable bonds is 0. The highest BCUT2D eigenvalue weighted by atomic mass is 16.5. The van der Waals surface area contributed by atoms with Crippen molar-refractivity contribution < 1.29 is 13.9 Å². The number of oxazole rings is 1. The molecule has 4 nitrogen and oxygen atoms in total. The van der Waals surface area contributed by atoms with Crippen molar-refractivity contribution in [2.45, 2.75) is 6.92 Å². The first-order valence-electron chi connectivity index (χ1n) is 3.24. The molecule has 0 spiro atoms. The van der Waals surface area contributed by atoms with Crippen LogP contribution in [-0.4, -0.2) is 18.1 Å². The van der Waals surface area contributed by atoms with Gasteiger partial charge in [-0.15, -0.1) is 0 Å². The van der Waals surface area contributed by atoms with E-state index in [0.29, 0.717) is 11.6 Å². The van der Waals surface area contributed by atoms with Crippen molar-refractivity contribution in [2.75, 3.05) is 7.11 Å². The van der Waals surface area contributed by atoms with Crippen molar-refractivity contribution in [1.82, 2.24) is 4.98 Å². The third-order valence-electron chi connectivity index (χ3n) is 1.10. The van der Waals surface area contributed by atoms with Crippen molar-refractivity contribution in [3.63, 3.8) is 0 Å². The van der Waals surface area contributed by atoms with Gasteiger partial charge in [0.05, 0.1) is 7.11 Å². The second kappa shape index (κ2) is 3.58. The summed E-state index contributed by atoms with van der Waals surface area (Å²) in [5, 5.41) is 0. The van der Waals surface area contributed by atoms with Gasteiger partial charge in [-0.1, -0.05) is 0 Å². The fourth-order valence-electron chi connectivity index (χ4n) is 0.587. The summed E-state index contributed by atoms with van der Waals surface area (Å²) in [6.07, 6.45) is 1.38. The Morgan fingerprint density at radius 1 is 1.75 bits per heavy atom. The van der Waals surface area contributed by atoms with Crippen LogP contribution in [0.4, 0.5) is 0 Å². The Balaban J connectivity index is 2.73. The summed E-state index contributed by atoms with van der Waals surface area (Å²) in [6.45, 7) is 1.70. The summed E-state index contributed by atoms with van der Waals surface area (Å²) in [5.74, 6) is 4.65. The Morgan fingerprint density at radius 3 is 3.00 bits per heavy atom. The minimum atomic E-state index is -0.587. The molecule has 0 amide bonds. The number of methoxy groups -OCH3 is 1. The summed E-state index contributed by atoms with van der Waals surface area (Å²) in [7, 11) is 1.27. The predicted molar refractivity (Wildman–Crippen MR) is 40.1 cm³/mol. The standard InChI is InChI=1S/C8H7NO3/c1-6-9-7(5-12-6)3-4-8(10)11-2/h5H,1-2H3. The van der Waals surface area contributed by atoms with E-state index in [1.165, 1.54) is 13.4 Å². The molecule has 0 aliphatic heterocycles. The number of esters is 1. The maximum Gasteiger partial charge on any atom is 0.384 e. The van der Waals surface area contributed by atoms with Gasteiger partial charge in [-0.3, -0.25) is 0 Å². The molecule has 0 fully saturated rings. The normalized spacial score (nSPS) is 8.50. The maximum absolute atomic E-state index is 10.5. The van der Waals surface area contributed by atoms with Crippen molar-refractivity contribution in [3.8, 4) is 11.8 Å². The Labute approximate surface area is 69.5 Å². The van der Waals surface area contributed by atoms with E-state index in [0.717, 1.165) is 0 Å². The average molecular weight is 165 g/mol. The largest absolute Gasteiger partial charge is 0.459 e. The van der Waals surface area contributed by atoms with Crippen molar-refractivity contribution >= 4 is 5.97 Å². The van der Waals surface area contributed by atoms with E-state index in [9.17, 15) is 4.79 Å². The molecular weight excluding hydrogens is 158 g/mol. The van der Waals surface area contributed by atoms with Crippen LogP contribution in [0.5, 0.6) is 0 Å². The molecule has 12 heavy (non-hydrogen) atoms. The van der Waals surface area contributed by atoms with E-state index in [1.807, 2.05) is 0 Å². The lowest BCUT2D eigenvalue weighted by atomic mass is 10.5. The average Bonchev–Trinajstić information content (AvgIpc) is 2.47. The van der Waals surface area contributed by atoms with E-state index < -0.39 is 5.97 Å². The number of ether oxygens (including phenoxy) is 1. The monoisotopic (exact) mass is 165 g/mol. The van der Waals surface area contributed by atoms with Crippen LogP contribution in [0.1, 0.15) is 11.6 Å².